The van der Waals surface area contributed by atoms with Gasteiger partial charge in [-0.25, -0.2) is 4.98 Å². The Morgan fingerprint density at radius 3 is 2.80 bits per heavy atom. The van der Waals surface area contributed by atoms with E-state index in [1.165, 1.54) is 4.70 Å². The Morgan fingerprint density at radius 1 is 1.40 bits per heavy atom. The zero-order chi connectivity index (χ0) is 10.3. The van der Waals surface area contributed by atoms with Crippen LogP contribution >= 0.6 is 11.3 Å². The van der Waals surface area contributed by atoms with E-state index in [0.717, 1.165) is 10.5 Å². The van der Waals surface area contributed by atoms with E-state index in [-0.39, 0.29) is 5.41 Å². The highest BCUT2D eigenvalue weighted by Crippen LogP contribution is 2.36. The SMILES string of the molecule is NCC1(c2nc3ccccc3s2)COC1. The maximum atomic E-state index is 5.81. The molecule has 2 heterocycles. The van der Waals surface area contributed by atoms with E-state index in [2.05, 4.69) is 11.1 Å². The van der Waals surface area contributed by atoms with Crippen molar-refractivity contribution in [2.75, 3.05) is 19.8 Å². The lowest BCUT2D eigenvalue weighted by atomic mass is 9.87. The molecule has 78 valence electrons. The average Bonchev–Trinajstić information content (AvgIpc) is 2.60. The van der Waals surface area contributed by atoms with Gasteiger partial charge in [-0.3, -0.25) is 0 Å². The fourth-order valence-electron chi connectivity index (χ4n) is 1.78. The third kappa shape index (κ3) is 1.29. The number of aromatic nitrogens is 1. The van der Waals surface area contributed by atoms with Crippen LogP contribution < -0.4 is 5.73 Å². The molecule has 4 heteroatoms. The summed E-state index contributed by atoms with van der Waals surface area (Å²) in [5.74, 6) is 0. The van der Waals surface area contributed by atoms with E-state index < -0.39 is 0 Å². The summed E-state index contributed by atoms with van der Waals surface area (Å²) in [6.07, 6.45) is 0. The number of benzene rings is 1. The number of nitrogens with two attached hydrogens (primary N) is 1. The highest BCUT2D eigenvalue weighted by molar-refractivity contribution is 7.18. The van der Waals surface area contributed by atoms with E-state index >= 15 is 0 Å². The van der Waals surface area contributed by atoms with Gasteiger partial charge in [0.2, 0.25) is 0 Å². The van der Waals surface area contributed by atoms with Crippen molar-refractivity contribution in [2.45, 2.75) is 5.41 Å². The van der Waals surface area contributed by atoms with Crippen molar-refractivity contribution in [1.82, 2.24) is 4.98 Å². The molecular formula is C11H12N2OS. The molecule has 0 atom stereocenters. The lowest BCUT2D eigenvalue weighted by Crippen LogP contribution is -2.52. The van der Waals surface area contributed by atoms with Crippen LogP contribution in [0, 0.1) is 0 Å². The molecule has 0 amide bonds. The molecule has 1 fully saturated rings. The fourth-order valence-corrected chi connectivity index (χ4v) is 2.91. The number of fused-ring (bicyclic) bond motifs is 1. The molecule has 1 saturated heterocycles. The monoisotopic (exact) mass is 220 g/mol. The highest BCUT2D eigenvalue weighted by atomic mass is 32.1. The van der Waals surface area contributed by atoms with Crippen molar-refractivity contribution in [3.63, 3.8) is 0 Å². The van der Waals surface area contributed by atoms with E-state index in [0.29, 0.717) is 19.8 Å². The highest BCUT2D eigenvalue weighted by Gasteiger charge is 2.41. The minimum Gasteiger partial charge on any atom is -0.379 e. The first-order valence-corrected chi connectivity index (χ1v) is 5.80. The van der Waals surface area contributed by atoms with Crippen molar-refractivity contribution < 1.29 is 4.74 Å². The van der Waals surface area contributed by atoms with Gasteiger partial charge in [-0.2, -0.15) is 0 Å². The van der Waals surface area contributed by atoms with Crippen LogP contribution in [0.2, 0.25) is 0 Å². The Labute approximate surface area is 91.9 Å². The first-order valence-electron chi connectivity index (χ1n) is 4.98. The summed E-state index contributed by atoms with van der Waals surface area (Å²) < 4.78 is 6.50. The molecular weight excluding hydrogens is 208 g/mol. The standard InChI is InChI=1S/C11H12N2OS/c12-5-11(6-14-7-11)10-13-8-3-1-2-4-9(8)15-10/h1-4H,5-7,12H2. The lowest BCUT2D eigenvalue weighted by molar-refractivity contribution is -0.0550. The largest absolute Gasteiger partial charge is 0.379 e. The first kappa shape index (κ1) is 9.27. The van der Waals surface area contributed by atoms with Gasteiger partial charge in [0.1, 0.15) is 5.01 Å². The maximum absolute atomic E-state index is 5.81. The van der Waals surface area contributed by atoms with Crippen molar-refractivity contribution in [3.05, 3.63) is 29.3 Å². The minimum absolute atomic E-state index is 0.0102. The quantitative estimate of drug-likeness (QED) is 0.834. The Kier molecular flexibility index (Phi) is 2.02. The molecule has 0 spiro atoms. The summed E-state index contributed by atoms with van der Waals surface area (Å²) in [7, 11) is 0. The van der Waals surface area contributed by atoms with Crippen LogP contribution in [0.15, 0.2) is 24.3 Å². The van der Waals surface area contributed by atoms with Gasteiger partial charge in [0.05, 0.1) is 28.8 Å². The fraction of sp³-hybridized carbons (Fsp3) is 0.364. The molecule has 1 aliphatic rings. The van der Waals surface area contributed by atoms with Crippen molar-refractivity contribution in [3.8, 4) is 0 Å². The number of hydrogen-bond acceptors (Lipinski definition) is 4. The molecule has 0 saturated carbocycles. The molecule has 1 aliphatic heterocycles. The summed E-state index contributed by atoms with van der Waals surface area (Å²) in [6, 6.07) is 8.19. The van der Waals surface area contributed by atoms with Gasteiger partial charge in [-0.1, -0.05) is 12.1 Å². The summed E-state index contributed by atoms with van der Waals surface area (Å²) in [5, 5.41) is 1.12. The van der Waals surface area contributed by atoms with Crippen molar-refractivity contribution >= 4 is 21.6 Å². The van der Waals surface area contributed by atoms with Gasteiger partial charge >= 0.3 is 0 Å². The predicted octanol–water partition coefficient (Wildman–Crippen LogP) is 1.52. The number of rotatable bonds is 2. The van der Waals surface area contributed by atoms with Crippen LogP contribution in [0.1, 0.15) is 5.01 Å². The van der Waals surface area contributed by atoms with Gasteiger partial charge in [0.15, 0.2) is 0 Å². The number of ether oxygens (including phenoxy) is 1. The number of thiazole rings is 1. The van der Waals surface area contributed by atoms with Crippen LogP contribution in [-0.2, 0) is 10.2 Å². The molecule has 15 heavy (non-hydrogen) atoms. The third-order valence-electron chi connectivity index (χ3n) is 2.90. The molecule has 1 aromatic heterocycles. The van der Waals surface area contributed by atoms with Gasteiger partial charge < -0.3 is 10.5 Å². The van der Waals surface area contributed by atoms with Crippen LogP contribution in [-0.4, -0.2) is 24.7 Å². The zero-order valence-electron chi connectivity index (χ0n) is 8.27. The Hall–Kier alpha value is -0.970. The predicted molar refractivity (Wildman–Crippen MR) is 61.2 cm³/mol. The zero-order valence-corrected chi connectivity index (χ0v) is 9.09. The molecule has 0 bridgehead atoms. The molecule has 0 radical (unpaired) electrons. The third-order valence-corrected chi connectivity index (χ3v) is 4.18. The second-order valence-corrected chi connectivity index (χ2v) is 4.99. The van der Waals surface area contributed by atoms with E-state index in [9.17, 15) is 0 Å². The number of para-hydroxylation sites is 1. The van der Waals surface area contributed by atoms with Crippen LogP contribution in [0.5, 0.6) is 0 Å². The van der Waals surface area contributed by atoms with Crippen molar-refractivity contribution in [1.29, 1.82) is 0 Å². The summed E-state index contributed by atoms with van der Waals surface area (Å²) in [4.78, 5) is 4.64. The Balaban J connectivity index is 2.11. The average molecular weight is 220 g/mol. The van der Waals surface area contributed by atoms with Crippen LogP contribution in [0.4, 0.5) is 0 Å². The normalized spacial score (nSPS) is 19.0. The van der Waals surface area contributed by atoms with Crippen LogP contribution in [0.25, 0.3) is 10.2 Å². The molecule has 2 aromatic rings. The molecule has 1 aromatic carbocycles. The summed E-state index contributed by atoms with van der Waals surface area (Å²) in [5.41, 5.74) is 6.87. The van der Waals surface area contributed by atoms with Crippen LogP contribution in [0.3, 0.4) is 0 Å². The maximum Gasteiger partial charge on any atom is 0.106 e. The summed E-state index contributed by atoms with van der Waals surface area (Å²) >= 11 is 1.73. The molecule has 0 aliphatic carbocycles. The van der Waals surface area contributed by atoms with E-state index in [1.807, 2.05) is 18.2 Å². The second-order valence-electron chi connectivity index (χ2n) is 3.96. The van der Waals surface area contributed by atoms with E-state index in [1.54, 1.807) is 11.3 Å². The number of nitrogens with zero attached hydrogens (tertiary/aromatic N) is 1. The molecule has 3 rings (SSSR count). The van der Waals surface area contributed by atoms with Gasteiger partial charge in [-0.05, 0) is 12.1 Å². The van der Waals surface area contributed by atoms with E-state index in [4.69, 9.17) is 10.5 Å². The Morgan fingerprint density at radius 2 is 2.20 bits per heavy atom. The van der Waals surface area contributed by atoms with Crippen molar-refractivity contribution in [2.24, 2.45) is 5.73 Å². The van der Waals surface area contributed by atoms with Gasteiger partial charge in [-0.15, -0.1) is 11.3 Å². The molecule has 2 N–H and O–H groups in total. The number of hydrogen-bond donors (Lipinski definition) is 1. The van der Waals surface area contributed by atoms with Gasteiger partial charge in [0, 0.05) is 6.54 Å². The van der Waals surface area contributed by atoms with Gasteiger partial charge in [0.25, 0.3) is 0 Å². The topological polar surface area (TPSA) is 48.1 Å². The molecule has 0 unspecified atom stereocenters. The first-order chi connectivity index (χ1) is 7.34. The smallest absolute Gasteiger partial charge is 0.106 e. The Bertz CT molecular complexity index is 452. The second kappa shape index (κ2) is 3.27. The lowest BCUT2D eigenvalue weighted by Gasteiger charge is -2.38. The minimum atomic E-state index is -0.0102. The summed E-state index contributed by atoms with van der Waals surface area (Å²) in [6.45, 7) is 2.04. The molecule has 3 nitrogen and oxygen atoms in total.